The van der Waals surface area contributed by atoms with Crippen LogP contribution in [0.1, 0.15) is 43.4 Å². The van der Waals surface area contributed by atoms with Crippen LogP contribution in [0.2, 0.25) is 0 Å². The Kier molecular flexibility index (Phi) is 5.33. The van der Waals surface area contributed by atoms with Crippen molar-refractivity contribution in [1.82, 2.24) is 15.0 Å². The lowest BCUT2D eigenvalue weighted by molar-refractivity contribution is 0.0783. The van der Waals surface area contributed by atoms with E-state index in [0.717, 1.165) is 48.6 Å². The van der Waals surface area contributed by atoms with E-state index in [-0.39, 0.29) is 5.91 Å². The summed E-state index contributed by atoms with van der Waals surface area (Å²) in [7, 11) is 1.88. The van der Waals surface area contributed by atoms with Gasteiger partial charge in [0.2, 0.25) is 0 Å². The highest BCUT2D eigenvalue weighted by Crippen LogP contribution is 2.31. The molecule has 0 unspecified atom stereocenters. The average molecular weight is 396 g/mol. The Labute approximate surface area is 169 Å². The smallest absolute Gasteiger partial charge is 0.255 e. The summed E-state index contributed by atoms with van der Waals surface area (Å²) < 4.78 is 5.29. The van der Waals surface area contributed by atoms with Crippen LogP contribution in [-0.4, -0.2) is 34.5 Å². The minimum Gasteiger partial charge on any atom is -0.361 e. The fraction of sp³-hybridized carbons (Fsp3) is 0.364. The minimum absolute atomic E-state index is 0.112. The standard InChI is InChI=1S/C22H25N3O2S/c1-15-19(16(2)27-23-15)12-25-10-9-18-20(14-28-21(18)13-25)22(26)24(3)11-17-7-5-4-6-8-17/h4-8,14H,9-13H2,1-3H3. The summed E-state index contributed by atoms with van der Waals surface area (Å²) in [6, 6.07) is 10.1. The van der Waals surface area contributed by atoms with E-state index in [9.17, 15) is 4.79 Å². The molecule has 1 aliphatic rings. The number of amides is 1. The predicted octanol–water partition coefficient (Wildman–Crippen LogP) is 4.18. The monoisotopic (exact) mass is 395 g/mol. The van der Waals surface area contributed by atoms with Gasteiger partial charge in [-0.1, -0.05) is 35.5 Å². The molecule has 3 heterocycles. The number of aromatic nitrogens is 1. The Balaban J connectivity index is 1.45. The fourth-order valence-electron chi connectivity index (χ4n) is 3.78. The van der Waals surface area contributed by atoms with Gasteiger partial charge in [0.25, 0.3) is 5.91 Å². The maximum absolute atomic E-state index is 13.0. The van der Waals surface area contributed by atoms with Gasteiger partial charge in [-0.25, -0.2) is 0 Å². The molecule has 5 nitrogen and oxygen atoms in total. The molecule has 28 heavy (non-hydrogen) atoms. The maximum Gasteiger partial charge on any atom is 0.255 e. The number of benzene rings is 1. The third-order valence-electron chi connectivity index (χ3n) is 5.43. The summed E-state index contributed by atoms with van der Waals surface area (Å²) >= 11 is 1.70. The first-order valence-corrected chi connectivity index (χ1v) is 10.4. The normalized spacial score (nSPS) is 14.1. The van der Waals surface area contributed by atoms with E-state index in [0.29, 0.717) is 6.54 Å². The first-order valence-electron chi connectivity index (χ1n) is 9.55. The van der Waals surface area contributed by atoms with Crippen LogP contribution in [0.4, 0.5) is 0 Å². The molecule has 1 aromatic carbocycles. The molecule has 0 atom stereocenters. The molecule has 0 spiro atoms. The maximum atomic E-state index is 13.0. The fourth-order valence-corrected chi connectivity index (χ4v) is 4.90. The number of rotatable bonds is 5. The number of aryl methyl sites for hydroxylation is 2. The van der Waals surface area contributed by atoms with Crippen LogP contribution in [0, 0.1) is 13.8 Å². The van der Waals surface area contributed by atoms with Gasteiger partial charge in [-0.05, 0) is 31.4 Å². The molecule has 6 heteroatoms. The van der Waals surface area contributed by atoms with Crippen molar-refractivity contribution in [1.29, 1.82) is 0 Å². The summed E-state index contributed by atoms with van der Waals surface area (Å²) in [5.41, 5.74) is 5.39. The quantitative estimate of drug-likeness (QED) is 0.650. The number of carbonyl (C=O) groups excluding carboxylic acids is 1. The van der Waals surface area contributed by atoms with Gasteiger partial charge in [0.1, 0.15) is 5.76 Å². The van der Waals surface area contributed by atoms with E-state index >= 15 is 0 Å². The lowest BCUT2D eigenvalue weighted by Gasteiger charge is -2.27. The second kappa shape index (κ2) is 7.89. The van der Waals surface area contributed by atoms with E-state index in [2.05, 4.69) is 22.2 Å². The van der Waals surface area contributed by atoms with E-state index in [4.69, 9.17) is 4.52 Å². The lowest BCUT2D eigenvalue weighted by atomic mass is 10.0. The van der Waals surface area contributed by atoms with Gasteiger partial charge in [-0.15, -0.1) is 11.3 Å². The Morgan fingerprint density at radius 3 is 2.79 bits per heavy atom. The van der Waals surface area contributed by atoms with Gasteiger partial charge in [-0.2, -0.15) is 0 Å². The summed E-state index contributed by atoms with van der Waals surface area (Å²) in [5, 5.41) is 6.09. The van der Waals surface area contributed by atoms with Crippen molar-refractivity contribution in [3.05, 3.63) is 74.3 Å². The van der Waals surface area contributed by atoms with Crippen molar-refractivity contribution in [2.75, 3.05) is 13.6 Å². The van der Waals surface area contributed by atoms with Crippen molar-refractivity contribution in [3.63, 3.8) is 0 Å². The molecular formula is C22H25N3O2S. The minimum atomic E-state index is 0.112. The van der Waals surface area contributed by atoms with Crippen LogP contribution in [0.25, 0.3) is 0 Å². The molecule has 3 aromatic rings. The molecule has 146 valence electrons. The molecule has 4 rings (SSSR count). The molecule has 0 saturated heterocycles. The van der Waals surface area contributed by atoms with E-state index in [1.54, 1.807) is 11.3 Å². The predicted molar refractivity (Wildman–Crippen MR) is 110 cm³/mol. The Morgan fingerprint density at radius 2 is 2.07 bits per heavy atom. The zero-order valence-electron chi connectivity index (χ0n) is 16.6. The molecule has 0 saturated carbocycles. The van der Waals surface area contributed by atoms with Crippen LogP contribution in [0.3, 0.4) is 0 Å². The first-order chi connectivity index (χ1) is 13.5. The zero-order valence-corrected chi connectivity index (χ0v) is 17.4. The van der Waals surface area contributed by atoms with E-state index < -0.39 is 0 Å². The van der Waals surface area contributed by atoms with Gasteiger partial charge in [-0.3, -0.25) is 9.69 Å². The second-order valence-corrected chi connectivity index (χ2v) is 8.43. The van der Waals surface area contributed by atoms with Gasteiger partial charge in [0.05, 0.1) is 11.3 Å². The van der Waals surface area contributed by atoms with Crippen molar-refractivity contribution in [2.45, 2.75) is 39.9 Å². The highest BCUT2D eigenvalue weighted by Gasteiger charge is 2.26. The van der Waals surface area contributed by atoms with Crippen molar-refractivity contribution in [3.8, 4) is 0 Å². The Hall–Kier alpha value is -2.44. The lowest BCUT2D eigenvalue weighted by Crippen LogP contribution is -2.31. The first kappa shape index (κ1) is 18.9. The summed E-state index contributed by atoms with van der Waals surface area (Å²) in [4.78, 5) is 18.5. The zero-order chi connectivity index (χ0) is 19.7. The SMILES string of the molecule is Cc1noc(C)c1CN1CCc2c(C(=O)N(C)Cc3ccccc3)csc2C1. The number of hydrogen-bond acceptors (Lipinski definition) is 5. The van der Waals surface area contributed by atoms with Crippen LogP contribution in [0.15, 0.2) is 40.2 Å². The molecule has 1 amide bonds. The highest BCUT2D eigenvalue weighted by atomic mass is 32.1. The summed E-state index contributed by atoms with van der Waals surface area (Å²) in [6.07, 6.45) is 0.905. The Morgan fingerprint density at radius 1 is 1.29 bits per heavy atom. The molecule has 0 radical (unpaired) electrons. The van der Waals surface area contributed by atoms with Crippen LogP contribution >= 0.6 is 11.3 Å². The van der Waals surface area contributed by atoms with Crippen LogP contribution in [-0.2, 0) is 26.1 Å². The number of nitrogens with zero attached hydrogens (tertiary/aromatic N) is 3. The molecule has 0 N–H and O–H groups in total. The van der Waals surface area contributed by atoms with Crippen LogP contribution < -0.4 is 0 Å². The topological polar surface area (TPSA) is 49.6 Å². The van der Waals surface area contributed by atoms with Crippen molar-refractivity contribution >= 4 is 17.2 Å². The van der Waals surface area contributed by atoms with Crippen molar-refractivity contribution in [2.24, 2.45) is 0 Å². The van der Waals surface area contributed by atoms with Gasteiger partial charge in [0.15, 0.2) is 0 Å². The number of carbonyl (C=O) groups is 1. The third-order valence-corrected chi connectivity index (χ3v) is 6.44. The summed E-state index contributed by atoms with van der Waals surface area (Å²) in [5.74, 6) is 1.01. The Bertz CT molecular complexity index is 958. The molecule has 0 bridgehead atoms. The van der Waals surface area contributed by atoms with Gasteiger partial charge >= 0.3 is 0 Å². The molecule has 1 aliphatic heterocycles. The summed E-state index contributed by atoms with van der Waals surface area (Å²) in [6.45, 7) is 7.25. The molecular weight excluding hydrogens is 370 g/mol. The molecule has 0 aliphatic carbocycles. The van der Waals surface area contributed by atoms with Gasteiger partial charge < -0.3 is 9.42 Å². The molecule has 2 aromatic heterocycles. The highest BCUT2D eigenvalue weighted by molar-refractivity contribution is 7.10. The third kappa shape index (κ3) is 3.75. The van der Waals surface area contributed by atoms with Crippen molar-refractivity contribution < 1.29 is 9.32 Å². The van der Waals surface area contributed by atoms with Gasteiger partial charge in [0, 0.05) is 49.0 Å². The number of hydrogen-bond donors (Lipinski definition) is 0. The van der Waals surface area contributed by atoms with E-state index in [1.807, 2.05) is 49.4 Å². The van der Waals surface area contributed by atoms with E-state index in [1.165, 1.54) is 16.0 Å². The largest absolute Gasteiger partial charge is 0.361 e. The number of fused-ring (bicyclic) bond motifs is 1. The average Bonchev–Trinajstić information content (AvgIpc) is 3.26. The molecule has 0 fully saturated rings. The van der Waals surface area contributed by atoms with Crippen LogP contribution in [0.5, 0.6) is 0 Å². The number of thiophene rings is 1. The second-order valence-electron chi connectivity index (χ2n) is 7.46.